The number of morpholine rings is 1. The molecule has 1 saturated heterocycles. The van der Waals surface area contributed by atoms with Gasteiger partial charge in [-0.05, 0) is 26.2 Å². The maximum Gasteiger partial charge on any atom is 0.320 e. The van der Waals surface area contributed by atoms with Crippen LogP contribution in [0, 0.1) is 0 Å². The van der Waals surface area contributed by atoms with Crippen molar-refractivity contribution >= 4 is 5.97 Å². The number of nitrogens with one attached hydrogen (secondary N) is 1. The Morgan fingerprint density at radius 1 is 1.59 bits per heavy atom. The van der Waals surface area contributed by atoms with Gasteiger partial charge in [0.05, 0.1) is 12.7 Å². The molecule has 2 aliphatic rings. The fraction of sp³-hybridized carbons (Fsp3) is 0.917. The molecule has 1 heterocycles. The molecular formula is C12H22N2O3. The van der Waals surface area contributed by atoms with Gasteiger partial charge in [-0.3, -0.25) is 9.69 Å². The normalized spacial score (nSPS) is 27.9. The number of ether oxygens (including phenoxy) is 1. The number of rotatable bonds is 6. The van der Waals surface area contributed by atoms with Crippen LogP contribution in [0.3, 0.4) is 0 Å². The number of hydrogen-bond donors (Lipinski definition) is 2. The van der Waals surface area contributed by atoms with Crippen LogP contribution in [0.4, 0.5) is 0 Å². The zero-order chi connectivity index (χ0) is 12.3. The number of nitrogens with zero attached hydrogens (tertiary/aromatic N) is 1. The minimum Gasteiger partial charge on any atom is -0.480 e. The summed E-state index contributed by atoms with van der Waals surface area (Å²) in [6.45, 7) is 5.48. The quantitative estimate of drug-likeness (QED) is 0.701. The van der Waals surface area contributed by atoms with Gasteiger partial charge >= 0.3 is 5.97 Å². The molecule has 1 aliphatic heterocycles. The van der Waals surface area contributed by atoms with Gasteiger partial charge in [0.1, 0.15) is 6.04 Å². The molecule has 0 aromatic carbocycles. The summed E-state index contributed by atoms with van der Waals surface area (Å²) in [7, 11) is 0. The zero-order valence-corrected chi connectivity index (χ0v) is 10.4. The molecule has 2 unspecified atom stereocenters. The topological polar surface area (TPSA) is 61.8 Å². The summed E-state index contributed by atoms with van der Waals surface area (Å²) < 4.78 is 5.46. The number of carbonyl (C=O) groups is 1. The smallest absolute Gasteiger partial charge is 0.320 e. The van der Waals surface area contributed by atoms with Gasteiger partial charge in [-0.1, -0.05) is 0 Å². The summed E-state index contributed by atoms with van der Waals surface area (Å²) in [5.74, 6) is -0.724. The fourth-order valence-corrected chi connectivity index (χ4v) is 2.22. The van der Waals surface area contributed by atoms with Crippen molar-refractivity contribution in [2.75, 3.05) is 26.2 Å². The van der Waals surface area contributed by atoms with Gasteiger partial charge in [0.2, 0.25) is 0 Å². The van der Waals surface area contributed by atoms with Crippen LogP contribution in [-0.4, -0.2) is 60.4 Å². The predicted molar refractivity (Wildman–Crippen MR) is 64.1 cm³/mol. The third kappa shape index (κ3) is 4.26. The third-order valence-electron chi connectivity index (χ3n) is 3.37. The summed E-state index contributed by atoms with van der Waals surface area (Å²) >= 11 is 0. The molecule has 2 N–H and O–H groups in total. The van der Waals surface area contributed by atoms with E-state index in [2.05, 4.69) is 17.1 Å². The van der Waals surface area contributed by atoms with Gasteiger partial charge < -0.3 is 15.2 Å². The molecule has 0 aromatic heterocycles. The maximum atomic E-state index is 11.1. The molecule has 2 rings (SSSR count). The molecule has 0 spiro atoms. The van der Waals surface area contributed by atoms with Gasteiger partial charge in [0.25, 0.3) is 0 Å². The fourth-order valence-electron chi connectivity index (χ4n) is 2.22. The van der Waals surface area contributed by atoms with Gasteiger partial charge in [0.15, 0.2) is 0 Å². The molecule has 0 bridgehead atoms. The van der Waals surface area contributed by atoms with Gasteiger partial charge in [-0.25, -0.2) is 0 Å². The first-order valence-electron chi connectivity index (χ1n) is 6.48. The first-order chi connectivity index (χ1) is 8.15. The van der Waals surface area contributed by atoms with Crippen LogP contribution in [0.1, 0.15) is 26.2 Å². The van der Waals surface area contributed by atoms with Gasteiger partial charge in [-0.15, -0.1) is 0 Å². The van der Waals surface area contributed by atoms with Crippen molar-refractivity contribution in [1.29, 1.82) is 0 Å². The van der Waals surface area contributed by atoms with Crippen molar-refractivity contribution in [1.82, 2.24) is 10.2 Å². The minimum atomic E-state index is -0.724. The lowest BCUT2D eigenvalue weighted by Crippen LogP contribution is -2.45. The molecule has 2 atom stereocenters. The Morgan fingerprint density at radius 3 is 2.94 bits per heavy atom. The average Bonchev–Trinajstić information content (AvgIpc) is 3.07. The molecule has 2 fully saturated rings. The zero-order valence-electron chi connectivity index (χ0n) is 10.4. The monoisotopic (exact) mass is 242 g/mol. The van der Waals surface area contributed by atoms with Crippen LogP contribution < -0.4 is 5.32 Å². The summed E-state index contributed by atoms with van der Waals surface area (Å²) in [4.78, 5) is 13.4. The number of carboxylic acid groups (broad SMARTS) is 1. The lowest BCUT2D eigenvalue weighted by molar-refractivity contribution is -0.139. The lowest BCUT2D eigenvalue weighted by atomic mass is 10.2. The number of aliphatic carboxylic acids is 1. The van der Waals surface area contributed by atoms with E-state index in [9.17, 15) is 4.79 Å². The van der Waals surface area contributed by atoms with Crippen molar-refractivity contribution in [2.45, 2.75) is 44.4 Å². The molecule has 98 valence electrons. The first-order valence-corrected chi connectivity index (χ1v) is 6.48. The highest BCUT2D eigenvalue weighted by molar-refractivity contribution is 5.73. The van der Waals surface area contributed by atoms with E-state index in [4.69, 9.17) is 9.84 Å². The minimum absolute atomic E-state index is 0.267. The molecule has 0 amide bonds. The standard InChI is InChI=1S/C12H22N2O3/c1-9-8-14(6-7-17-9)5-4-11(12(15)16)13-10-2-3-10/h9-11,13H,2-8H2,1H3,(H,15,16). The molecule has 5 heteroatoms. The van der Waals surface area contributed by atoms with E-state index in [-0.39, 0.29) is 12.1 Å². The van der Waals surface area contributed by atoms with Crippen LogP contribution in [-0.2, 0) is 9.53 Å². The Balaban J connectivity index is 1.71. The lowest BCUT2D eigenvalue weighted by Gasteiger charge is -2.31. The van der Waals surface area contributed by atoms with E-state index in [1.54, 1.807) is 0 Å². The Bertz CT molecular complexity index is 268. The Morgan fingerprint density at radius 2 is 2.35 bits per heavy atom. The highest BCUT2D eigenvalue weighted by atomic mass is 16.5. The Labute approximate surface area is 102 Å². The first kappa shape index (κ1) is 12.8. The SMILES string of the molecule is CC1CN(CCC(NC2CC2)C(=O)O)CCO1. The summed E-state index contributed by atoms with van der Waals surface area (Å²) in [5, 5.41) is 12.3. The third-order valence-corrected chi connectivity index (χ3v) is 3.37. The van der Waals surface area contributed by atoms with E-state index in [1.807, 2.05) is 0 Å². The van der Waals surface area contributed by atoms with Crippen molar-refractivity contribution in [3.63, 3.8) is 0 Å². The number of carboxylic acids is 1. The molecule has 17 heavy (non-hydrogen) atoms. The van der Waals surface area contributed by atoms with Gasteiger partial charge in [0, 0.05) is 25.7 Å². The molecule has 5 nitrogen and oxygen atoms in total. The van der Waals surface area contributed by atoms with Crippen LogP contribution in [0.25, 0.3) is 0 Å². The van der Waals surface area contributed by atoms with Crippen molar-refractivity contribution in [3.05, 3.63) is 0 Å². The van der Waals surface area contributed by atoms with Crippen LogP contribution in [0.5, 0.6) is 0 Å². The Kier molecular flexibility index (Phi) is 4.36. The molecule has 0 radical (unpaired) electrons. The van der Waals surface area contributed by atoms with Gasteiger partial charge in [-0.2, -0.15) is 0 Å². The average molecular weight is 242 g/mol. The van der Waals surface area contributed by atoms with Crippen LogP contribution >= 0.6 is 0 Å². The largest absolute Gasteiger partial charge is 0.480 e. The van der Waals surface area contributed by atoms with Crippen LogP contribution in [0.2, 0.25) is 0 Å². The predicted octanol–water partition coefficient (Wildman–Crippen LogP) is 0.302. The second-order valence-corrected chi connectivity index (χ2v) is 5.10. The van der Waals surface area contributed by atoms with Crippen LogP contribution in [0.15, 0.2) is 0 Å². The van der Waals surface area contributed by atoms with E-state index in [0.29, 0.717) is 12.5 Å². The second kappa shape index (κ2) is 5.80. The second-order valence-electron chi connectivity index (χ2n) is 5.10. The summed E-state index contributed by atoms with van der Waals surface area (Å²) in [6, 6.07) is 0.0559. The van der Waals surface area contributed by atoms with Crippen molar-refractivity contribution < 1.29 is 14.6 Å². The highest BCUT2D eigenvalue weighted by Crippen LogP contribution is 2.20. The molecular weight excluding hydrogens is 220 g/mol. The summed E-state index contributed by atoms with van der Waals surface area (Å²) in [5.41, 5.74) is 0. The summed E-state index contributed by atoms with van der Waals surface area (Å²) in [6.07, 6.45) is 3.19. The van der Waals surface area contributed by atoms with Crippen molar-refractivity contribution in [2.24, 2.45) is 0 Å². The van der Waals surface area contributed by atoms with E-state index in [1.165, 1.54) is 0 Å². The molecule has 1 saturated carbocycles. The van der Waals surface area contributed by atoms with Crippen molar-refractivity contribution in [3.8, 4) is 0 Å². The number of hydrogen-bond acceptors (Lipinski definition) is 4. The van der Waals surface area contributed by atoms with E-state index in [0.717, 1.165) is 39.1 Å². The van der Waals surface area contributed by atoms with E-state index < -0.39 is 5.97 Å². The molecule has 1 aliphatic carbocycles. The highest BCUT2D eigenvalue weighted by Gasteiger charge is 2.28. The Hall–Kier alpha value is -0.650. The van der Waals surface area contributed by atoms with E-state index >= 15 is 0 Å². The maximum absolute atomic E-state index is 11.1. The molecule has 0 aromatic rings.